The molecule has 0 fully saturated rings. The highest BCUT2D eigenvalue weighted by atomic mass is 32.1. The number of aryl methyl sites for hydroxylation is 1. The van der Waals surface area contributed by atoms with E-state index in [1.54, 1.807) is 36.3 Å². The van der Waals surface area contributed by atoms with Gasteiger partial charge in [-0.05, 0) is 43.0 Å². The molecule has 1 aromatic carbocycles. The predicted octanol–water partition coefficient (Wildman–Crippen LogP) is 3.39. The maximum Gasteiger partial charge on any atom is 0.250 e. The monoisotopic (exact) mass is 462 g/mol. The van der Waals surface area contributed by atoms with Gasteiger partial charge >= 0.3 is 0 Å². The Balaban J connectivity index is 1.47. The van der Waals surface area contributed by atoms with Crippen LogP contribution in [0.4, 0.5) is 0 Å². The van der Waals surface area contributed by atoms with Gasteiger partial charge in [0.1, 0.15) is 11.4 Å². The number of rotatable bonds is 7. The molecule has 8 heteroatoms. The summed E-state index contributed by atoms with van der Waals surface area (Å²) in [5.41, 5.74) is 1.03. The minimum atomic E-state index is -1.14. The van der Waals surface area contributed by atoms with Gasteiger partial charge in [0.25, 0.3) is 5.91 Å². The van der Waals surface area contributed by atoms with E-state index in [0.717, 1.165) is 16.0 Å². The zero-order chi connectivity index (χ0) is 23.4. The van der Waals surface area contributed by atoms with Crippen molar-refractivity contribution in [3.05, 3.63) is 82.2 Å². The molecule has 0 aliphatic carbocycles. The van der Waals surface area contributed by atoms with E-state index < -0.39 is 11.6 Å². The zero-order valence-corrected chi connectivity index (χ0v) is 19.4. The first-order valence-corrected chi connectivity index (χ1v) is 11.7. The second-order valence-corrected chi connectivity index (χ2v) is 9.37. The van der Waals surface area contributed by atoms with Gasteiger partial charge < -0.3 is 15.5 Å². The van der Waals surface area contributed by atoms with Crippen molar-refractivity contribution < 1.29 is 14.4 Å². The van der Waals surface area contributed by atoms with Crippen molar-refractivity contribution in [3.8, 4) is 0 Å². The lowest BCUT2D eigenvalue weighted by atomic mass is 9.90. The second kappa shape index (κ2) is 9.54. The Labute approximate surface area is 196 Å². The van der Waals surface area contributed by atoms with Crippen LogP contribution in [0.15, 0.2) is 71.2 Å². The van der Waals surface area contributed by atoms with E-state index in [2.05, 4.69) is 15.6 Å². The molecule has 2 aliphatic rings. The number of aliphatic imine (C=N–C) groups is 1. The molecule has 0 spiro atoms. The topological polar surface area (TPSA) is 90.9 Å². The van der Waals surface area contributed by atoms with Crippen LogP contribution in [0.5, 0.6) is 0 Å². The molecule has 1 aromatic heterocycles. The van der Waals surface area contributed by atoms with Crippen LogP contribution >= 0.6 is 11.3 Å². The van der Waals surface area contributed by atoms with Crippen LogP contribution in [-0.4, -0.2) is 34.0 Å². The number of nitrogens with one attached hydrogen (secondary N) is 2. The van der Waals surface area contributed by atoms with Crippen LogP contribution in [0, 0.1) is 6.92 Å². The van der Waals surface area contributed by atoms with Gasteiger partial charge in [0.15, 0.2) is 0 Å². The highest BCUT2D eigenvalue weighted by Crippen LogP contribution is 2.30. The van der Waals surface area contributed by atoms with E-state index >= 15 is 0 Å². The summed E-state index contributed by atoms with van der Waals surface area (Å²) in [6.07, 6.45) is 7.09. The van der Waals surface area contributed by atoms with Crippen molar-refractivity contribution in [1.82, 2.24) is 15.5 Å². The van der Waals surface area contributed by atoms with Gasteiger partial charge in [0.2, 0.25) is 11.8 Å². The number of nitrogens with zero attached hydrogens (tertiary/aromatic N) is 2. The first-order valence-electron chi connectivity index (χ1n) is 10.8. The number of carbonyl (C=O) groups is 3. The standard InChI is InChI=1S/C25H26N4O3S/c1-17-8-10-18(11-9-17)16-26-22(30)14-19(20-6-5-13-33-20)27-24(32)25(2)15-23(31)28-21-7-3-4-12-29(21)25/h3-13,19H,14-16H2,1-2H3,(H,26,30)(H,27,32). The molecule has 4 rings (SSSR count). The molecule has 7 nitrogen and oxygen atoms in total. The number of hydrogen-bond donors (Lipinski definition) is 2. The summed E-state index contributed by atoms with van der Waals surface area (Å²) in [6.45, 7) is 4.16. The predicted molar refractivity (Wildman–Crippen MR) is 128 cm³/mol. The number of amides is 3. The third kappa shape index (κ3) is 5.12. The molecule has 170 valence electrons. The molecule has 3 amide bonds. The van der Waals surface area contributed by atoms with E-state index in [4.69, 9.17) is 0 Å². The lowest BCUT2D eigenvalue weighted by Gasteiger charge is -2.42. The summed E-state index contributed by atoms with van der Waals surface area (Å²) in [4.78, 5) is 45.1. The van der Waals surface area contributed by atoms with Crippen LogP contribution in [0.1, 0.15) is 41.8 Å². The molecule has 0 radical (unpaired) electrons. The number of benzene rings is 1. The maximum absolute atomic E-state index is 13.5. The van der Waals surface area contributed by atoms with Gasteiger partial charge in [-0.15, -0.1) is 11.3 Å². The summed E-state index contributed by atoms with van der Waals surface area (Å²) < 4.78 is 0. The van der Waals surface area contributed by atoms with Crippen LogP contribution < -0.4 is 10.6 Å². The van der Waals surface area contributed by atoms with Gasteiger partial charge in [-0.3, -0.25) is 14.4 Å². The molecule has 3 heterocycles. The quantitative estimate of drug-likeness (QED) is 0.660. The molecule has 33 heavy (non-hydrogen) atoms. The van der Waals surface area contributed by atoms with Gasteiger partial charge in [-0.1, -0.05) is 42.0 Å². The van der Waals surface area contributed by atoms with Gasteiger partial charge in [0, 0.05) is 17.6 Å². The average Bonchev–Trinajstić information content (AvgIpc) is 3.33. The Morgan fingerprint density at radius 3 is 2.73 bits per heavy atom. The molecule has 2 aromatic rings. The number of thiophene rings is 1. The van der Waals surface area contributed by atoms with Gasteiger partial charge in [-0.2, -0.15) is 4.99 Å². The summed E-state index contributed by atoms with van der Waals surface area (Å²) in [5.74, 6) is -0.396. The Morgan fingerprint density at radius 2 is 2.00 bits per heavy atom. The van der Waals surface area contributed by atoms with Crippen molar-refractivity contribution in [2.75, 3.05) is 0 Å². The van der Waals surface area contributed by atoms with Crippen molar-refractivity contribution in [3.63, 3.8) is 0 Å². The van der Waals surface area contributed by atoms with E-state index in [-0.39, 0.29) is 30.6 Å². The van der Waals surface area contributed by atoms with Crippen molar-refractivity contribution >= 4 is 34.9 Å². The Bertz CT molecular complexity index is 1130. The Kier molecular flexibility index (Phi) is 6.55. The Hall–Kier alpha value is -3.52. The molecule has 0 saturated heterocycles. The number of allylic oxidation sites excluding steroid dienone is 2. The number of hydrogen-bond acceptors (Lipinski definition) is 5. The fraction of sp³-hybridized carbons (Fsp3) is 0.280. The maximum atomic E-state index is 13.5. The first-order chi connectivity index (χ1) is 15.8. The first kappa shape index (κ1) is 22.7. The number of fused-ring (bicyclic) bond motifs is 1. The van der Waals surface area contributed by atoms with Gasteiger partial charge in [0.05, 0.1) is 18.9 Å². The second-order valence-electron chi connectivity index (χ2n) is 8.39. The average molecular weight is 463 g/mol. The molecule has 2 unspecified atom stereocenters. The third-order valence-electron chi connectivity index (χ3n) is 5.79. The molecular weight excluding hydrogens is 436 g/mol. The lowest BCUT2D eigenvalue weighted by Crippen LogP contribution is -2.60. The van der Waals surface area contributed by atoms with Crippen molar-refractivity contribution in [2.45, 2.75) is 44.8 Å². The normalized spacial score (nSPS) is 20.1. The minimum Gasteiger partial charge on any atom is -0.352 e. The van der Waals surface area contributed by atoms with Crippen molar-refractivity contribution in [2.24, 2.45) is 4.99 Å². The molecule has 2 atom stereocenters. The van der Waals surface area contributed by atoms with E-state index in [1.165, 1.54) is 11.3 Å². The molecule has 0 saturated carbocycles. The Morgan fingerprint density at radius 1 is 1.21 bits per heavy atom. The zero-order valence-electron chi connectivity index (χ0n) is 18.6. The minimum absolute atomic E-state index is 0.0444. The SMILES string of the molecule is Cc1ccc(CNC(=O)CC(NC(=O)C2(C)CC(=O)N=C3C=CC=CN32)c2cccs2)cc1. The molecule has 0 bridgehead atoms. The molecular formula is C25H26N4O3S. The summed E-state index contributed by atoms with van der Waals surface area (Å²) in [5, 5.41) is 7.87. The van der Waals surface area contributed by atoms with Crippen LogP contribution in [0.2, 0.25) is 0 Å². The van der Waals surface area contributed by atoms with E-state index in [9.17, 15) is 14.4 Å². The molecule has 2 aliphatic heterocycles. The third-order valence-corrected chi connectivity index (χ3v) is 6.77. The smallest absolute Gasteiger partial charge is 0.250 e. The van der Waals surface area contributed by atoms with Crippen molar-refractivity contribution in [1.29, 1.82) is 0 Å². The largest absolute Gasteiger partial charge is 0.352 e. The highest BCUT2D eigenvalue weighted by Gasteiger charge is 2.45. The van der Waals surface area contributed by atoms with Crippen LogP contribution in [-0.2, 0) is 20.9 Å². The van der Waals surface area contributed by atoms with Crippen LogP contribution in [0.25, 0.3) is 0 Å². The summed E-state index contributed by atoms with van der Waals surface area (Å²) >= 11 is 1.48. The van der Waals surface area contributed by atoms with E-state index in [0.29, 0.717) is 12.4 Å². The number of carbonyl (C=O) groups excluding carboxylic acids is 3. The lowest BCUT2D eigenvalue weighted by molar-refractivity contribution is -0.135. The summed E-state index contributed by atoms with van der Waals surface area (Å²) in [6, 6.07) is 11.2. The fourth-order valence-electron chi connectivity index (χ4n) is 3.87. The van der Waals surface area contributed by atoms with Crippen LogP contribution in [0.3, 0.4) is 0 Å². The summed E-state index contributed by atoms with van der Waals surface area (Å²) in [7, 11) is 0. The highest BCUT2D eigenvalue weighted by molar-refractivity contribution is 7.10. The molecule has 2 N–H and O–H groups in total. The van der Waals surface area contributed by atoms with Gasteiger partial charge in [-0.25, -0.2) is 0 Å². The fourth-order valence-corrected chi connectivity index (χ4v) is 4.65. The number of amidine groups is 1. The van der Waals surface area contributed by atoms with E-state index in [1.807, 2.05) is 48.7 Å².